The van der Waals surface area contributed by atoms with Crippen molar-refractivity contribution in [3.8, 4) is 0 Å². The van der Waals surface area contributed by atoms with Crippen LogP contribution in [0, 0.1) is 0 Å². The van der Waals surface area contributed by atoms with E-state index in [9.17, 15) is 13.2 Å². The fourth-order valence-electron chi connectivity index (χ4n) is 0.974. The summed E-state index contributed by atoms with van der Waals surface area (Å²) in [5.74, 6) is 5.12. The van der Waals surface area contributed by atoms with Crippen molar-refractivity contribution in [1.29, 1.82) is 0 Å². The SMILES string of the molecule is NN(Cl)Cc1ccc(C(F)(F)F)cc1. The van der Waals surface area contributed by atoms with Crippen molar-refractivity contribution in [2.24, 2.45) is 5.84 Å². The van der Waals surface area contributed by atoms with Crippen LogP contribution in [0.3, 0.4) is 0 Å². The highest BCUT2D eigenvalue weighted by molar-refractivity contribution is 6.12. The first-order valence-corrected chi connectivity index (χ1v) is 4.07. The van der Waals surface area contributed by atoms with Gasteiger partial charge < -0.3 is 0 Å². The second-order valence-electron chi connectivity index (χ2n) is 2.75. The third kappa shape index (κ3) is 3.17. The molecule has 0 heterocycles. The van der Waals surface area contributed by atoms with Crippen molar-refractivity contribution in [1.82, 2.24) is 4.53 Å². The zero-order chi connectivity index (χ0) is 10.8. The summed E-state index contributed by atoms with van der Waals surface area (Å²) >= 11 is 5.33. The lowest BCUT2D eigenvalue weighted by Gasteiger charge is -2.09. The molecule has 2 N–H and O–H groups in total. The van der Waals surface area contributed by atoms with Crippen LogP contribution in [-0.4, -0.2) is 4.53 Å². The van der Waals surface area contributed by atoms with Crippen LogP contribution in [0.25, 0.3) is 0 Å². The molecular formula is C8H8ClF3N2. The number of hydrogen-bond donors (Lipinski definition) is 1. The average Bonchev–Trinajstić information content (AvgIpc) is 2.02. The van der Waals surface area contributed by atoms with Gasteiger partial charge in [0, 0.05) is 0 Å². The number of benzene rings is 1. The molecule has 0 spiro atoms. The first kappa shape index (κ1) is 11.3. The van der Waals surface area contributed by atoms with Crippen LogP contribution in [0.1, 0.15) is 11.1 Å². The van der Waals surface area contributed by atoms with Gasteiger partial charge in [-0.2, -0.15) is 17.7 Å². The van der Waals surface area contributed by atoms with Gasteiger partial charge >= 0.3 is 6.18 Å². The van der Waals surface area contributed by atoms with Crippen molar-refractivity contribution in [2.75, 3.05) is 0 Å². The molecular weight excluding hydrogens is 217 g/mol. The summed E-state index contributed by atoms with van der Waals surface area (Å²) in [5.41, 5.74) is -0.0603. The second kappa shape index (κ2) is 4.16. The molecule has 78 valence electrons. The zero-order valence-corrected chi connectivity index (χ0v) is 7.81. The van der Waals surface area contributed by atoms with Crippen LogP contribution < -0.4 is 5.84 Å². The molecule has 0 fully saturated rings. The van der Waals surface area contributed by atoms with Gasteiger partial charge in [-0.15, -0.1) is 0 Å². The van der Waals surface area contributed by atoms with E-state index in [1.807, 2.05) is 0 Å². The van der Waals surface area contributed by atoms with Crippen LogP contribution in [0.5, 0.6) is 0 Å². The van der Waals surface area contributed by atoms with E-state index < -0.39 is 11.7 Å². The summed E-state index contributed by atoms with van der Waals surface area (Å²) in [6, 6.07) is 4.67. The smallest absolute Gasteiger partial charge is 0.254 e. The second-order valence-corrected chi connectivity index (χ2v) is 3.19. The van der Waals surface area contributed by atoms with Crippen molar-refractivity contribution in [3.63, 3.8) is 0 Å². The summed E-state index contributed by atoms with van der Waals surface area (Å²) in [6.07, 6.45) is -4.30. The molecule has 0 amide bonds. The maximum Gasteiger partial charge on any atom is 0.416 e. The number of hydrogen-bond acceptors (Lipinski definition) is 2. The first-order chi connectivity index (χ1) is 6.39. The summed E-state index contributed by atoms with van der Waals surface area (Å²) in [6.45, 7) is 0.194. The summed E-state index contributed by atoms with van der Waals surface area (Å²) in [7, 11) is 0. The van der Waals surface area contributed by atoms with E-state index in [1.165, 1.54) is 12.1 Å². The Kier molecular flexibility index (Phi) is 3.36. The van der Waals surface area contributed by atoms with Gasteiger partial charge in [-0.1, -0.05) is 12.1 Å². The van der Waals surface area contributed by atoms with Gasteiger partial charge in [0.25, 0.3) is 0 Å². The van der Waals surface area contributed by atoms with E-state index in [-0.39, 0.29) is 6.54 Å². The maximum atomic E-state index is 12.1. The van der Waals surface area contributed by atoms with Gasteiger partial charge in [-0.05, 0) is 29.5 Å². The van der Waals surface area contributed by atoms with Crippen molar-refractivity contribution in [3.05, 3.63) is 35.4 Å². The molecule has 0 aliphatic heterocycles. The largest absolute Gasteiger partial charge is 0.416 e. The van der Waals surface area contributed by atoms with Crippen LogP contribution in [-0.2, 0) is 12.7 Å². The topological polar surface area (TPSA) is 29.3 Å². The lowest BCUT2D eigenvalue weighted by molar-refractivity contribution is -0.137. The van der Waals surface area contributed by atoms with Gasteiger partial charge in [0.05, 0.1) is 12.1 Å². The Morgan fingerprint density at radius 3 is 2.07 bits per heavy atom. The zero-order valence-electron chi connectivity index (χ0n) is 7.05. The van der Waals surface area contributed by atoms with E-state index in [2.05, 4.69) is 0 Å². The number of alkyl halides is 3. The third-order valence-corrected chi connectivity index (χ3v) is 1.73. The molecule has 0 saturated heterocycles. The molecule has 1 aromatic rings. The Bertz CT molecular complexity index is 294. The average molecular weight is 225 g/mol. The molecule has 0 atom stereocenters. The van der Waals surface area contributed by atoms with Crippen molar-refractivity contribution in [2.45, 2.75) is 12.7 Å². The van der Waals surface area contributed by atoms with E-state index in [4.69, 9.17) is 17.6 Å². The van der Waals surface area contributed by atoms with Gasteiger partial charge in [0.2, 0.25) is 0 Å². The van der Waals surface area contributed by atoms with Crippen LogP contribution in [0.15, 0.2) is 24.3 Å². The lowest BCUT2D eigenvalue weighted by Crippen LogP contribution is -2.19. The van der Waals surface area contributed by atoms with Gasteiger partial charge in [-0.3, -0.25) is 5.84 Å². The lowest BCUT2D eigenvalue weighted by atomic mass is 10.1. The highest BCUT2D eigenvalue weighted by atomic mass is 35.5. The van der Waals surface area contributed by atoms with Crippen molar-refractivity contribution < 1.29 is 13.2 Å². The Hall–Kier alpha value is -0.780. The Balaban J connectivity index is 2.79. The van der Waals surface area contributed by atoms with Gasteiger partial charge in [0.1, 0.15) is 0 Å². The maximum absolute atomic E-state index is 12.1. The fourth-order valence-corrected chi connectivity index (χ4v) is 1.11. The monoisotopic (exact) mass is 224 g/mol. The number of hydrazine groups is 1. The molecule has 14 heavy (non-hydrogen) atoms. The van der Waals surface area contributed by atoms with Crippen molar-refractivity contribution >= 4 is 11.8 Å². The van der Waals surface area contributed by atoms with Gasteiger partial charge in [-0.25, -0.2) is 0 Å². The van der Waals surface area contributed by atoms with Crippen LogP contribution in [0.4, 0.5) is 13.2 Å². The number of nitrogens with two attached hydrogens (primary N) is 1. The Morgan fingerprint density at radius 1 is 1.21 bits per heavy atom. The standard InChI is InChI=1S/C8H8ClF3N2/c9-14(13)5-6-1-3-7(4-2-6)8(10,11)12/h1-4H,5,13H2. The molecule has 1 aromatic carbocycles. The minimum atomic E-state index is -4.30. The highest BCUT2D eigenvalue weighted by Crippen LogP contribution is 2.29. The Labute approximate surface area is 84.1 Å². The first-order valence-electron chi connectivity index (χ1n) is 3.74. The molecule has 0 aliphatic carbocycles. The third-order valence-electron chi connectivity index (χ3n) is 1.61. The van der Waals surface area contributed by atoms with Gasteiger partial charge in [0.15, 0.2) is 0 Å². The number of rotatable bonds is 2. The minimum Gasteiger partial charge on any atom is -0.254 e. The van der Waals surface area contributed by atoms with Crippen LogP contribution >= 0.6 is 11.8 Å². The molecule has 6 heteroatoms. The van der Waals surface area contributed by atoms with E-state index in [1.54, 1.807) is 0 Å². The Morgan fingerprint density at radius 2 is 1.71 bits per heavy atom. The molecule has 0 bridgehead atoms. The molecule has 0 saturated carbocycles. The predicted octanol–water partition coefficient (Wildman–Crippen LogP) is 2.53. The summed E-state index contributed by atoms with van der Waals surface area (Å²) < 4.78 is 37.2. The quantitative estimate of drug-likeness (QED) is 0.475. The normalized spacial score (nSPS) is 12.1. The van der Waals surface area contributed by atoms with Crippen LogP contribution in [0.2, 0.25) is 0 Å². The molecule has 2 nitrogen and oxygen atoms in total. The fraction of sp³-hybridized carbons (Fsp3) is 0.250. The van der Waals surface area contributed by atoms with E-state index in [0.717, 1.165) is 16.7 Å². The van der Waals surface area contributed by atoms with E-state index in [0.29, 0.717) is 5.56 Å². The molecule has 0 unspecified atom stereocenters. The number of nitrogens with zero attached hydrogens (tertiary/aromatic N) is 1. The minimum absolute atomic E-state index is 0.194. The van der Waals surface area contributed by atoms with E-state index >= 15 is 0 Å². The summed E-state index contributed by atoms with van der Waals surface area (Å²) in [4.78, 5) is 0. The number of halogens is 4. The molecule has 0 aliphatic rings. The molecule has 0 radical (unpaired) electrons. The molecule has 1 rings (SSSR count). The molecule has 0 aromatic heterocycles. The summed E-state index contributed by atoms with van der Waals surface area (Å²) in [5, 5.41) is 0. The predicted molar refractivity (Wildman–Crippen MR) is 47.0 cm³/mol. The highest BCUT2D eigenvalue weighted by Gasteiger charge is 2.29.